The van der Waals surface area contributed by atoms with Gasteiger partial charge in [-0.3, -0.25) is 14.0 Å². The van der Waals surface area contributed by atoms with Crippen LogP contribution in [-0.4, -0.2) is 54.5 Å². The van der Waals surface area contributed by atoms with Gasteiger partial charge < -0.3 is 4.74 Å². The molecule has 1 fully saturated rings. The van der Waals surface area contributed by atoms with Crippen molar-refractivity contribution in [1.82, 2.24) is 9.21 Å². The molecule has 4 nitrogen and oxygen atoms in total. The number of ether oxygens (including phenoxy) is 1. The van der Waals surface area contributed by atoms with Crippen molar-refractivity contribution in [1.29, 1.82) is 0 Å². The molecule has 0 bridgehead atoms. The third kappa shape index (κ3) is 3.95. The van der Waals surface area contributed by atoms with Gasteiger partial charge in [-0.2, -0.15) is 0 Å². The van der Waals surface area contributed by atoms with Gasteiger partial charge in [-0.1, -0.05) is 48.5 Å². The number of benzene rings is 2. The highest BCUT2D eigenvalue weighted by Gasteiger charge is 2.28. The summed E-state index contributed by atoms with van der Waals surface area (Å²) in [6, 6.07) is 18.5. The second kappa shape index (κ2) is 8.25. The van der Waals surface area contributed by atoms with Crippen LogP contribution in [0.15, 0.2) is 54.6 Å². The predicted molar refractivity (Wildman–Crippen MR) is 105 cm³/mol. The minimum absolute atomic E-state index is 0.139. The first-order chi connectivity index (χ1) is 12.8. The first-order valence-corrected chi connectivity index (χ1v) is 10.1. The van der Waals surface area contributed by atoms with Gasteiger partial charge in [0, 0.05) is 43.4 Å². The van der Waals surface area contributed by atoms with E-state index in [1.165, 1.54) is 5.56 Å². The summed E-state index contributed by atoms with van der Waals surface area (Å²) >= 11 is 1.64. The molecule has 1 amide bonds. The summed E-state index contributed by atoms with van der Waals surface area (Å²) in [5.74, 6) is 1.30. The van der Waals surface area contributed by atoms with Crippen LogP contribution in [-0.2, 0) is 10.5 Å². The summed E-state index contributed by atoms with van der Waals surface area (Å²) in [6.07, 6.45) is 0. The SMILES string of the molecule is O=C1c2ccccc2CSN1CC(CN1CCOCC1)c1ccccc1. The lowest BCUT2D eigenvalue weighted by molar-refractivity contribution is 0.0341. The topological polar surface area (TPSA) is 32.8 Å². The molecule has 0 aliphatic carbocycles. The Hall–Kier alpha value is -1.82. The lowest BCUT2D eigenvalue weighted by Gasteiger charge is -2.34. The molecule has 5 heteroatoms. The smallest absolute Gasteiger partial charge is 0.264 e. The molecule has 0 aromatic heterocycles. The van der Waals surface area contributed by atoms with E-state index in [2.05, 4.69) is 35.2 Å². The molecule has 1 unspecified atom stereocenters. The van der Waals surface area contributed by atoms with E-state index in [0.717, 1.165) is 56.3 Å². The third-order valence-corrected chi connectivity index (χ3v) is 6.16. The second-order valence-corrected chi connectivity index (χ2v) is 7.81. The van der Waals surface area contributed by atoms with Crippen LogP contribution in [0, 0.1) is 0 Å². The van der Waals surface area contributed by atoms with Crippen LogP contribution in [0.25, 0.3) is 0 Å². The Labute approximate surface area is 159 Å². The molecule has 2 aliphatic heterocycles. The standard InChI is InChI=1S/C21H24N2O2S/c24-21-20-9-5-4-8-18(20)16-26-23(21)15-19(17-6-2-1-3-7-17)14-22-10-12-25-13-11-22/h1-9,19H,10-16H2. The molecule has 0 saturated carbocycles. The number of hydrogen-bond donors (Lipinski definition) is 0. The van der Waals surface area contributed by atoms with Gasteiger partial charge >= 0.3 is 0 Å². The van der Waals surface area contributed by atoms with Crippen LogP contribution in [0.4, 0.5) is 0 Å². The van der Waals surface area contributed by atoms with Gasteiger partial charge in [-0.05, 0) is 29.1 Å². The fourth-order valence-electron chi connectivity index (χ4n) is 3.62. The lowest BCUT2D eigenvalue weighted by atomic mass is 9.97. The van der Waals surface area contributed by atoms with Crippen molar-refractivity contribution in [3.05, 3.63) is 71.3 Å². The van der Waals surface area contributed by atoms with E-state index in [0.29, 0.717) is 5.92 Å². The number of rotatable bonds is 5. The van der Waals surface area contributed by atoms with E-state index >= 15 is 0 Å². The Balaban J connectivity index is 1.52. The van der Waals surface area contributed by atoms with E-state index in [9.17, 15) is 4.79 Å². The van der Waals surface area contributed by atoms with E-state index in [1.807, 2.05) is 28.6 Å². The normalized spacial score (nSPS) is 19.2. The largest absolute Gasteiger partial charge is 0.379 e. The van der Waals surface area contributed by atoms with Crippen LogP contribution in [0.3, 0.4) is 0 Å². The molecule has 1 atom stereocenters. The van der Waals surface area contributed by atoms with Crippen molar-refractivity contribution in [2.45, 2.75) is 11.7 Å². The van der Waals surface area contributed by atoms with Gasteiger partial charge in [-0.25, -0.2) is 0 Å². The van der Waals surface area contributed by atoms with Crippen molar-refractivity contribution in [2.75, 3.05) is 39.4 Å². The number of amides is 1. The number of carbonyl (C=O) groups excluding carboxylic acids is 1. The minimum Gasteiger partial charge on any atom is -0.379 e. The molecule has 0 N–H and O–H groups in total. The Bertz CT molecular complexity index is 747. The molecule has 1 saturated heterocycles. The van der Waals surface area contributed by atoms with Crippen molar-refractivity contribution >= 4 is 17.9 Å². The van der Waals surface area contributed by atoms with Crippen molar-refractivity contribution in [3.63, 3.8) is 0 Å². The van der Waals surface area contributed by atoms with Crippen LogP contribution in [0.5, 0.6) is 0 Å². The fraction of sp³-hybridized carbons (Fsp3) is 0.381. The molecule has 136 valence electrons. The summed E-state index contributed by atoms with van der Waals surface area (Å²) in [6.45, 7) is 5.22. The molecule has 26 heavy (non-hydrogen) atoms. The number of morpholine rings is 1. The van der Waals surface area contributed by atoms with Crippen LogP contribution >= 0.6 is 11.9 Å². The molecular formula is C21H24N2O2S. The summed E-state index contributed by atoms with van der Waals surface area (Å²) in [7, 11) is 0. The zero-order valence-electron chi connectivity index (χ0n) is 14.8. The maximum absolute atomic E-state index is 12.9. The second-order valence-electron chi connectivity index (χ2n) is 6.82. The lowest BCUT2D eigenvalue weighted by Crippen LogP contribution is -2.42. The van der Waals surface area contributed by atoms with Gasteiger partial charge in [0.15, 0.2) is 0 Å². The highest BCUT2D eigenvalue weighted by atomic mass is 32.2. The summed E-state index contributed by atoms with van der Waals surface area (Å²) in [5, 5.41) is 0. The van der Waals surface area contributed by atoms with Crippen molar-refractivity contribution < 1.29 is 9.53 Å². The van der Waals surface area contributed by atoms with Gasteiger partial charge in [-0.15, -0.1) is 0 Å². The zero-order chi connectivity index (χ0) is 17.8. The van der Waals surface area contributed by atoms with Gasteiger partial charge in [0.25, 0.3) is 5.91 Å². The van der Waals surface area contributed by atoms with Crippen LogP contribution in [0.2, 0.25) is 0 Å². The van der Waals surface area contributed by atoms with E-state index in [1.54, 1.807) is 11.9 Å². The Morgan fingerprint density at radius 1 is 0.962 bits per heavy atom. The predicted octanol–water partition coefficient (Wildman–Crippen LogP) is 3.41. The molecular weight excluding hydrogens is 344 g/mol. The van der Waals surface area contributed by atoms with Crippen molar-refractivity contribution in [3.8, 4) is 0 Å². The maximum atomic E-state index is 12.9. The quantitative estimate of drug-likeness (QED) is 0.757. The molecule has 2 aromatic rings. The fourth-order valence-corrected chi connectivity index (χ4v) is 4.67. The summed E-state index contributed by atoms with van der Waals surface area (Å²) in [5.41, 5.74) is 3.29. The van der Waals surface area contributed by atoms with Gasteiger partial charge in [0.2, 0.25) is 0 Å². The van der Waals surface area contributed by atoms with E-state index in [4.69, 9.17) is 4.74 Å². The average Bonchev–Trinajstić information content (AvgIpc) is 2.71. The molecule has 4 rings (SSSR count). The first-order valence-electron chi connectivity index (χ1n) is 9.19. The highest BCUT2D eigenvalue weighted by molar-refractivity contribution is 7.96. The maximum Gasteiger partial charge on any atom is 0.264 e. The van der Waals surface area contributed by atoms with Crippen LogP contribution < -0.4 is 0 Å². The summed E-state index contributed by atoms with van der Waals surface area (Å²) < 4.78 is 7.44. The van der Waals surface area contributed by atoms with Crippen molar-refractivity contribution in [2.24, 2.45) is 0 Å². The number of hydrogen-bond acceptors (Lipinski definition) is 4. The number of nitrogens with zero attached hydrogens (tertiary/aromatic N) is 2. The van der Waals surface area contributed by atoms with Gasteiger partial charge in [0.1, 0.15) is 0 Å². The molecule has 2 aromatic carbocycles. The molecule has 2 heterocycles. The molecule has 2 aliphatic rings. The molecule has 0 radical (unpaired) electrons. The van der Waals surface area contributed by atoms with Crippen LogP contribution in [0.1, 0.15) is 27.4 Å². The summed E-state index contributed by atoms with van der Waals surface area (Å²) in [4.78, 5) is 15.4. The number of carbonyl (C=O) groups is 1. The Morgan fingerprint density at radius 2 is 1.69 bits per heavy atom. The molecule has 0 spiro atoms. The minimum atomic E-state index is 0.139. The average molecular weight is 369 g/mol. The monoisotopic (exact) mass is 368 g/mol. The zero-order valence-corrected chi connectivity index (χ0v) is 15.7. The van der Waals surface area contributed by atoms with E-state index < -0.39 is 0 Å². The highest BCUT2D eigenvalue weighted by Crippen LogP contribution is 2.31. The number of fused-ring (bicyclic) bond motifs is 1. The Kier molecular flexibility index (Phi) is 5.58. The first kappa shape index (κ1) is 17.6. The van der Waals surface area contributed by atoms with E-state index in [-0.39, 0.29) is 5.91 Å². The third-order valence-electron chi connectivity index (χ3n) is 5.09. The van der Waals surface area contributed by atoms with Gasteiger partial charge in [0.05, 0.1) is 13.2 Å². The Morgan fingerprint density at radius 3 is 2.50 bits per heavy atom.